The van der Waals surface area contributed by atoms with E-state index in [1.165, 1.54) is 32.1 Å². The van der Waals surface area contributed by atoms with Gasteiger partial charge in [-0.15, -0.1) is 0 Å². The molecule has 3 heteroatoms. The number of benzene rings is 1. The fourth-order valence-corrected chi connectivity index (χ4v) is 3.24. The smallest absolute Gasteiger partial charge is 0.101 e. The van der Waals surface area contributed by atoms with Gasteiger partial charge in [0.2, 0.25) is 0 Å². The van der Waals surface area contributed by atoms with Crippen molar-refractivity contribution in [3.63, 3.8) is 0 Å². The summed E-state index contributed by atoms with van der Waals surface area (Å²) in [6.07, 6.45) is 6.39. The molecule has 0 aliphatic heterocycles. The highest BCUT2D eigenvalue weighted by molar-refractivity contribution is 5.60. The Morgan fingerprint density at radius 2 is 2.00 bits per heavy atom. The zero-order valence-electron chi connectivity index (χ0n) is 12.6. The molecule has 0 saturated heterocycles. The summed E-state index contributed by atoms with van der Waals surface area (Å²) in [6.45, 7) is 2.77. The second kappa shape index (κ2) is 6.76. The molecule has 0 unspecified atom stereocenters. The lowest BCUT2D eigenvalue weighted by atomic mass is 9.84. The van der Waals surface area contributed by atoms with E-state index < -0.39 is 0 Å². The second-order valence-corrected chi connectivity index (χ2v) is 5.86. The van der Waals surface area contributed by atoms with E-state index in [0.29, 0.717) is 12.6 Å². The molecule has 1 aromatic rings. The normalized spacial score (nSPS) is 22.3. The molecule has 0 radical (unpaired) electrons. The highest BCUT2D eigenvalue weighted by atomic mass is 15.1. The van der Waals surface area contributed by atoms with Crippen molar-refractivity contribution in [3.8, 4) is 6.07 Å². The number of nitriles is 1. The van der Waals surface area contributed by atoms with E-state index in [2.05, 4.69) is 24.9 Å². The van der Waals surface area contributed by atoms with Crippen molar-refractivity contribution in [2.24, 2.45) is 11.7 Å². The third-order valence-corrected chi connectivity index (χ3v) is 4.74. The monoisotopic (exact) mass is 271 g/mol. The lowest BCUT2D eigenvalue weighted by Crippen LogP contribution is -2.35. The Bertz CT molecular complexity index is 481. The van der Waals surface area contributed by atoms with Crippen LogP contribution in [0.5, 0.6) is 0 Å². The van der Waals surface area contributed by atoms with Gasteiger partial charge in [-0.25, -0.2) is 0 Å². The molecule has 0 amide bonds. The fraction of sp³-hybridized carbons (Fsp3) is 0.588. The minimum Gasteiger partial charge on any atom is -0.371 e. The van der Waals surface area contributed by atoms with Crippen LogP contribution in [-0.2, 0) is 6.54 Å². The molecule has 108 valence electrons. The Balaban J connectivity index is 2.13. The van der Waals surface area contributed by atoms with Crippen molar-refractivity contribution in [1.82, 2.24) is 0 Å². The first-order chi connectivity index (χ1) is 9.69. The number of anilines is 1. The summed E-state index contributed by atoms with van der Waals surface area (Å²) < 4.78 is 0. The summed E-state index contributed by atoms with van der Waals surface area (Å²) in [7, 11) is 2.12. The van der Waals surface area contributed by atoms with E-state index in [9.17, 15) is 5.26 Å². The Hall–Kier alpha value is -1.53. The van der Waals surface area contributed by atoms with Crippen LogP contribution < -0.4 is 10.6 Å². The van der Waals surface area contributed by atoms with Crippen molar-refractivity contribution in [2.45, 2.75) is 51.6 Å². The van der Waals surface area contributed by atoms with Crippen molar-refractivity contribution in [1.29, 1.82) is 5.26 Å². The molecule has 1 aliphatic carbocycles. The predicted octanol–water partition coefficient (Wildman–Crippen LogP) is 3.42. The van der Waals surface area contributed by atoms with E-state index in [-0.39, 0.29) is 0 Å². The largest absolute Gasteiger partial charge is 0.371 e. The number of nitrogens with two attached hydrogens (primary N) is 1. The average molecular weight is 271 g/mol. The first kappa shape index (κ1) is 14.9. The van der Waals surface area contributed by atoms with Gasteiger partial charge >= 0.3 is 0 Å². The number of hydrogen-bond acceptors (Lipinski definition) is 3. The van der Waals surface area contributed by atoms with Gasteiger partial charge in [0.25, 0.3) is 0 Å². The zero-order chi connectivity index (χ0) is 14.5. The summed E-state index contributed by atoms with van der Waals surface area (Å²) in [6, 6.07) is 8.88. The number of hydrogen-bond donors (Lipinski definition) is 1. The topological polar surface area (TPSA) is 53.0 Å². The molecule has 20 heavy (non-hydrogen) atoms. The second-order valence-electron chi connectivity index (χ2n) is 5.86. The zero-order valence-corrected chi connectivity index (χ0v) is 12.6. The molecular weight excluding hydrogens is 246 g/mol. The Labute approximate surface area is 122 Å². The van der Waals surface area contributed by atoms with E-state index in [0.717, 1.165) is 22.7 Å². The molecule has 2 rings (SSSR count). The molecule has 2 N–H and O–H groups in total. The summed E-state index contributed by atoms with van der Waals surface area (Å²) in [5.41, 5.74) is 8.46. The van der Waals surface area contributed by atoms with Crippen LogP contribution in [0.2, 0.25) is 0 Å². The van der Waals surface area contributed by atoms with E-state index in [4.69, 9.17) is 5.73 Å². The number of nitrogens with zero attached hydrogens (tertiary/aromatic N) is 2. The van der Waals surface area contributed by atoms with Crippen molar-refractivity contribution in [2.75, 3.05) is 11.9 Å². The molecule has 0 spiro atoms. The SMILES string of the molecule is CCC1CCC(N(C)c2ccc(CN)cc2C#N)CC1. The molecule has 0 heterocycles. The highest BCUT2D eigenvalue weighted by Crippen LogP contribution is 2.32. The van der Waals surface area contributed by atoms with Gasteiger partial charge in [-0.05, 0) is 49.3 Å². The summed E-state index contributed by atoms with van der Waals surface area (Å²) in [5, 5.41) is 9.35. The van der Waals surface area contributed by atoms with Crippen molar-refractivity contribution < 1.29 is 0 Å². The fourth-order valence-electron chi connectivity index (χ4n) is 3.24. The Morgan fingerprint density at radius 1 is 1.30 bits per heavy atom. The van der Waals surface area contributed by atoms with E-state index in [1.54, 1.807) is 0 Å². The highest BCUT2D eigenvalue weighted by Gasteiger charge is 2.24. The lowest BCUT2D eigenvalue weighted by Gasteiger charge is -2.36. The van der Waals surface area contributed by atoms with Gasteiger partial charge < -0.3 is 10.6 Å². The van der Waals surface area contributed by atoms with Crippen LogP contribution in [0.3, 0.4) is 0 Å². The summed E-state index contributed by atoms with van der Waals surface area (Å²) in [4.78, 5) is 2.30. The molecule has 3 nitrogen and oxygen atoms in total. The molecule has 0 atom stereocenters. The molecule has 1 fully saturated rings. The van der Waals surface area contributed by atoms with Crippen LogP contribution in [-0.4, -0.2) is 13.1 Å². The molecular formula is C17H25N3. The van der Waals surface area contributed by atoms with Gasteiger partial charge in [0.15, 0.2) is 0 Å². The minimum absolute atomic E-state index is 0.486. The van der Waals surface area contributed by atoms with E-state index in [1.807, 2.05) is 18.2 Å². The maximum Gasteiger partial charge on any atom is 0.101 e. The summed E-state index contributed by atoms with van der Waals surface area (Å²) in [5.74, 6) is 0.898. The van der Waals surface area contributed by atoms with Gasteiger partial charge in [-0.1, -0.05) is 19.4 Å². The standard InChI is InChI=1S/C17H25N3/c1-3-13-4-7-16(8-5-13)20(2)17-9-6-14(11-18)10-15(17)12-19/h6,9-10,13,16H,3-5,7-8,11,18H2,1-2H3. The van der Waals surface area contributed by atoms with Crippen molar-refractivity contribution >= 4 is 5.69 Å². The van der Waals surface area contributed by atoms with Crippen LogP contribution in [0.25, 0.3) is 0 Å². The molecule has 1 aromatic carbocycles. The quantitative estimate of drug-likeness (QED) is 0.913. The first-order valence-electron chi connectivity index (χ1n) is 7.65. The molecule has 1 aliphatic rings. The first-order valence-corrected chi connectivity index (χ1v) is 7.65. The minimum atomic E-state index is 0.486. The number of rotatable bonds is 4. The van der Waals surface area contributed by atoms with E-state index >= 15 is 0 Å². The van der Waals surface area contributed by atoms with Crippen LogP contribution in [0.15, 0.2) is 18.2 Å². The van der Waals surface area contributed by atoms with Gasteiger partial charge in [-0.2, -0.15) is 5.26 Å². The lowest BCUT2D eigenvalue weighted by molar-refractivity contribution is 0.313. The van der Waals surface area contributed by atoms with Crippen LogP contribution in [0.4, 0.5) is 5.69 Å². The molecule has 0 bridgehead atoms. The Morgan fingerprint density at radius 3 is 2.55 bits per heavy atom. The Kier molecular flexibility index (Phi) is 5.03. The van der Waals surface area contributed by atoms with Gasteiger partial charge in [0.05, 0.1) is 11.3 Å². The third kappa shape index (κ3) is 3.13. The average Bonchev–Trinajstić information content (AvgIpc) is 2.53. The van der Waals surface area contributed by atoms with Crippen LogP contribution in [0.1, 0.15) is 50.2 Å². The van der Waals surface area contributed by atoms with Crippen molar-refractivity contribution in [3.05, 3.63) is 29.3 Å². The maximum absolute atomic E-state index is 9.35. The molecule has 1 saturated carbocycles. The maximum atomic E-state index is 9.35. The summed E-state index contributed by atoms with van der Waals surface area (Å²) >= 11 is 0. The predicted molar refractivity (Wildman–Crippen MR) is 83.5 cm³/mol. The van der Waals surface area contributed by atoms with Gasteiger partial charge in [0, 0.05) is 19.6 Å². The molecule has 0 aromatic heterocycles. The van der Waals surface area contributed by atoms with Gasteiger partial charge in [0.1, 0.15) is 6.07 Å². The van der Waals surface area contributed by atoms with Gasteiger partial charge in [-0.3, -0.25) is 0 Å². The van der Waals surface area contributed by atoms with Crippen LogP contribution in [0, 0.1) is 17.2 Å². The third-order valence-electron chi connectivity index (χ3n) is 4.74. The van der Waals surface area contributed by atoms with Crippen LogP contribution >= 0.6 is 0 Å².